The molecule has 1 N–H and O–H groups in total. The summed E-state index contributed by atoms with van der Waals surface area (Å²) in [6.45, 7) is 11.3. The predicted molar refractivity (Wildman–Crippen MR) is 162 cm³/mol. The molecule has 2 heterocycles. The van der Waals surface area contributed by atoms with Crippen molar-refractivity contribution in [2.45, 2.75) is 19.9 Å². The van der Waals surface area contributed by atoms with Crippen molar-refractivity contribution in [3.05, 3.63) is 89.0 Å². The Kier molecular flexibility index (Phi) is 8.52. The van der Waals surface area contributed by atoms with Crippen LogP contribution in [0.25, 0.3) is 11.1 Å². The summed E-state index contributed by atoms with van der Waals surface area (Å²) in [4.78, 5) is 35.4. The zero-order chi connectivity index (χ0) is 28.2. The molecule has 0 unspecified atom stereocenters. The third-order valence-corrected chi connectivity index (χ3v) is 8.30. The van der Waals surface area contributed by atoms with E-state index in [0.717, 1.165) is 85.9 Å². The highest BCUT2D eigenvalue weighted by molar-refractivity contribution is 5.97. The minimum atomic E-state index is -0.172. The number of hydrogen-bond acceptors (Lipinski definition) is 5. The van der Waals surface area contributed by atoms with Crippen molar-refractivity contribution in [2.75, 3.05) is 71.4 Å². The number of likely N-dealkylation sites (N-methyl/N-ethyl adjacent to an activating group) is 2. The molecule has 7 heteroatoms. The number of hydrogen-bond donors (Lipinski definition) is 1. The summed E-state index contributed by atoms with van der Waals surface area (Å²) in [5.74, 6) is 0.0204. The van der Waals surface area contributed by atoms with Crippen LogP contribution in [0.5, 0.6) is 0 Å². The number of benzene rings is 3. The molecule has 7 nitrogen and oxygen atoms in total. The van der Waals surface area contributed by atoms with E-state index in [2.05, 4.69) is 52.3 Å². The number of carbonyl (C=O) groups excluding carboxylic acids is 2. The molecule has 0 aromatic heterocycles. The monoisotopic (exact) mass is 539 g/mol. The van der Waals surface area contributed by atoms with E-state index in [1.165, 1.54) is 0 Å². The molecule has 5 rings (SSSR count). The Balaban J connectivity index is 1.29. The van der Waals surface area contributed by atoms with Crippen LogP contribution in [0.4, 0.5) is 5.69 Å². The summed E-state index contributed by atoms with van der Waals surface area (Å²) in [6.07, 6.45) is 0. The molecule has 210 valence electrons. The first-order valence-electron chi connectivity index (χ1n) is 14.3. The summed E-state index contributed by atoms with van der Waals surface area (Å²) >= 11 is 0. The van der Waals surface area contributed by atoms with E-state index in [-0.39, 0.29) is 17.9 Å². The standard InChI is InChI=1S/C33H41N5O2/c1-24-11-12-30(37-17-13-35(3)14-18-37)23-31(24)32(39)34-25(2)26-7-5-8-27(21-26)28-9-6-10-29(22-28)33(40)38-19-15-36(4)16-20-38/h5-12,21-23,25H,13-20H2,1-4H3,(H,34,39)/t25-/m1/s1. The van der Waals surface area contributed by atoms with Gasteiger partial charge in [0.05, 0.1) is 6.04 Å². The highest BCUT2D eigenvalue weighted by atomic mass is 16.2. The van der Waals surface area contributed by atoms with Gasteiger partial charge in [-0.25, -0.2) is 0 Å². The molecule has 0 saturated carbocycles. The molecule has 0 aliphatic carbocycles. The van der Waals surface area contributed by atoms with Gasteiger partial charge in [0.2, 0.25) is 0 Å². The molecule has 0 bridgehead atoms. The van der Waals surface area contributed by atoms with Crippen LogP contribution in [0.1, 0.15) is 44.8 Å². The lowest BCUT2D eigenvalue weighted by Gasteiger charge is -2.34. The Morgan fingerprint density at radius 1 is 0.750 bits per heavy atom. The van der Waals surface area contributed by atoms with Gasteiger partial charge in [0, 0.05) is 69.2 Å². The molecule has 2 aliphatic heterocycles. The number of nitrogens with zero attached hydrogens (tertiary/aromatic N) is 4. The average molecular weight is 540 g/mol. The fraction of sp³-hybridized carbons (Fsp3) is 0.394. The van der Waals surface area contributed by atoms with Crippen LogP contribution in [0.2, 0.25) is 0 Å². The highest BCUT2D eigenvalue weighted by Gasteiger charge is 2.21. The lowest BCUT2D eigenvalue weighted by Crippen LogP contribution is -2.47. The van der Waals surface area contributed by atoms with Gasteiger partial charge in [0.15, 0.2) is 0 Å². The second-order valence-corrected chi connectivity index (χ2v) is 11.3. The zero-order valence-electron chi connectivity index (χ0n) is 24.2. The molecule has 2 aliphatic rings. The van der Waals surface area contributed by atoms with Gasteiger partial charge in [-0.3, -0.25) is 9.59 Å². The third kappa shape index (κ3) is 6.37. The van der Waals surface area contributed by atoms with Crippen molar-refractivity contribution >= 4 is 17.5 Å². The van der Waals surface area contributed by atoms with E-state index in [1.807, 2.05) is 67.3 Å². The quantitative estimate of drug-likeness (QED) is 0.507. The van der Waals surface area contributed by atoms with Crippen LogP contribution in [0, 0.1) is 6.92 Å². The molecule has 2 amide bonds. The van der Waals surface area contributed by atoms with Crippen LogP contribution in [0.3, 0.4) is 0 Å². The minimum absolute atomic E-state index is 0.0637. The number of rotatable bonds is 6. The molecular formula is C33H41N5O2. The van der Waals surface area contributed by atoms with Gasteiger partial charge in [-0.05, 0) is 80.5 Å². The average Bonchev–Trinajstić information content (AvgIpc) is 2.98. The fourth-order valence-electron chi connectivity index (χ4n) is 5.49. The Morgan fingerprint density at radius 3 is 2.08 bits per heavy atom. The summed E-state index contributed by atoms with van der Waals surface area (Å²) in [7, 11) is 4.23. The molecule has 0 radical (unpaired) electrons. The predicted octanol–water partition coefficient (Wildman–Crippen LogP) is 4.29. The van der Waals surface area contributed by atoms with Gasteiger partial charge < -0.3 is 24.9 Å². The number of piperazine rings is 2. The largest absolute Gasteiger partial charge is 0.369 e. The van der Waals surface area contributed by atoms with Crippen LogP contribution >= 0.6 is 0 Å². The number of anilines is 1. The van der Waals surface area contributed by atoms with Crippen molar-refractivity contribution < 1.29 is 9.59 Å². The maximum Gasteiger partial charge on any atom is 0.253 e. The number of aryl methyl sites for hydroxylation is 1. The molecule has 1 atom stereocenters. The van der Waals surface area contributed by atoms with Gasteiger partial charge >= 0.3 is 0 Å². The van der Waals surface area contributed by atoms with Crippen LogP contribution < -0.4 is 10.2 Å². The first-order valence-corrected chi connectivity index (χ1v) is 14.3. The number of amides is 2. The smallest absolute Gasteiger partial charge is 0.253 e. The Hall–Kier alpha value is -3.68. The van der Waals surface area contributed by atoms with Gasteiger partial charge in [0.25, 0.3) is 11.8 Å². The van der Waals surface area contributed by atoms with Gasteiger partial charge in [0.1, 0.15) is 0 Å². The van der Waals surface area contributed by atoms with Gasteiger partial charge in [-0.2, -0.15) is 0 Å². The second-order valence-electron chi connectivity index (χ2n) is 11.3. The van der Waals surface area contributed by atoms with E-state index >= 15 is 0 Å². The Labute approximate surface area is 238 Å². The maximum atomic E-state index is 13.4. The molecule has 40 heavy (non-hydrogen) atoms. The Morgan fingerprint density at radius 2 is 1.38 bits per heavy atom. The molecule has 3 aromatic rings. The van der Waals surface area contributed by atoms with Crippen LogP contribution in [-0.2, 0) is 0 Å². The lowest BCUT2D eigenvalue weighted by molar-refractivity contribution is 0.0664. The second kappa shape index (κ2) is 12.2. The van der Waals surface area contributed by atoms with E-state index in [9.17, 15) is 9.59 Å². The van der Waals surface area contributed by atoms with E-state index in [0.29, 0.717) is 5.56 Å². The first kappa shape index (κ1) is 27.9. The number of nitrogens with one attached hydrogen (secondary N) is 1. The van der Waals surface area contributed by atoms with Crippen LogP contribution in [-0.4, -0.2) is 93.0 Å². The van der Waals surface area contributed by atoms with Crippen molar-refractivity contribution in [1.29, 1.82) is 0 Å². The fourth-order valence-corrected chi connectivity index (χ4v) is 5.49. The zero-order valence-corrected chi connectivity index (χ0v) is 24.2. The van der Waals surface area contributed by atoms with E-state index in [1.54, 1.807) is 0 Å². The molecule has 2 fully saturated rings. The Bertz CT molecular complexity index is 1360. The van der Waals surface area contributed by atoms with Crippen molar-refractivity contribution in [1.82, 2.24) is 20.0 Å². The summed E-state index contributed by atoms with van der Waals surface area (Å²) in [5, 5.41) is 3.21. The molecular weight excluding hydrogens is 498 g/mol. The summed E-state index contributed by atoms with van der Waals surface area (Å²) in [6, 6.07) is 22.1. The SMILES string of the molecule is Cc1ccc(N2CCN(C)CC2)cc1C(=O)N[C@H](C)c1cccc(-c2cccc(C(=O)N3CCN(C)CC3)c2)c1. The number of carbonyl (C=O) groups is 2. The highest BCUT2D eigenvalue weighted by Crippen LogP contribution is 2.26. The molecule has 3 aromatic carbocycles. The first-order chi connectivity index (χ1) is 19.3. The minimum Gasteiger partial charge on any atom is -0.369 e. The molecule has 0 spiro atoms. The van der Waals surface area contributed by atoms with E-state index in [4.69, 9.17) is 0 Å². The van der Waals surface area contributed by atoms with Gasteiger partial charge in [-0.15, -0.1) is 0 Å². The van der Waals surface area contributed by atoms with Gasteiger partial charge in [-0.1, -0.05) is 36.4 Å². The summed E-state index contributed by atoms with van der Waals surface area (Å²) < 4.78 is 0. The topological polar surface area (TPSA) is 59.1 Å². The lowest BCUT2D eigenvalue weighted by atomic mass is 9.98. The van der Waals surface area contributed by atoms with Crippen molar-refractivity contribution in [3.8, 4) is 11.1 Å². The normalized spacial score (nSPS) is 17.5. The van der Waals surface area contributed by atoms with E-state index < -0.39 is 0 Å². The summed E-state index contributed by atoms with van der Waals surface area (Å²) in [5.41, 5.74) is 6.55. The van der Waals surface area contributed by atoms with Crippen molar-refractivity contribution in [3.63, 3.8) is 0 Å². The van der Waals surface area contributed by atoms with Crippen molar-refractivity contribution in [2.24, 2.45) is 0 Å². The third-order valence-electron chi connectivity index (χ3n) is 8.30. The van der Waals surface area contributed by atoms with Crippen LogP contribution in [0.15, 0.2) is 66.7 Å². The maximum absolute atomic E-state index is 13.4. The molecule has 2 saturated heterocycles.